The van der Waals surface area contributed by atoms with Crippen molar-refractivity contribution in [2.24, 2.45) is 0 Å². The van der Waals surface area contributed by atoms with E-state index in [2.05, 4.69) is 10.2 Å². The highest BCUT2D eigenvalue weighted by Crippen LogP contribution is 2.38. The molecule has 0 bridgehead atoms. The van der Waals surface area contributed by atoms with E-state index in [0.717, 1.165) is 6.07 Å². The molecule has 0 unspecified atom stereocenters. The van der Waals surface area contributed by atoms with E-state index in [1.54, 1.807) is 29.7 Å². The average molecular weight is 476 g/mol. The van der Waals surface area contributed by atoms with E-state index in [1.165, 1.54) is 46.1 Å². The van der Waals surface area contributed by atoms with Gasteiger partial charge in [0.2, 0.25) is 10.0 Å². The van der Waals surface area contributed by atoms with Gasteiger partial charge in [0.1, 0.15) is 12.7 Å². The highest BCUT2D eigenvalue weighted by atomic mass is 32.2. The van der Waals surface area contributed by atoms with E-state index < -0.39 is 27.8 Å². The predicted molar refractivity (Wildman–Crippen MR) is 113 cm³/mol. The number of alkyl halides is 3. The Morgan fingerprint density at radius 1 is 1.09 bits per heavy atom. The third kappa shape index (κ3) is 4.42. The van der Waals surface area contributed by atoms with Gasteiger partial charge in [0.15, 0.2) is 0 Å². The second-order valence-corrected chi connectivity index (χ2v) is 9.51. The van der Waals surface area contributed by atoms with Crippen LogP contribution in [0.15, 0.2) is 60.0 Å². The van der Waals surface area contributed by atoms with Gasteiger partial charge in [0.05, 0.1) is 22.1 Å². The van der Waals surface area contributed by atoms with Gasteiger partial charge in [-0.05, 0) is 43.3 Å². The number of sulfonamides is 1. The van der Waals surface area contributed by atoms with E-state index in [4.69, 9.17) is 5.26 Å². The fraction of sp³-hybridized carbons (Fsp3) is 0.286. The fourth-order valence-electron chi connectivity index (χ4n) is 3.90. The van der Waals surface area contributed by atoms with Crippen molar-refractivity contribution in [1.82, 2.24) is 19.1 Å². The lowest BCUT2D eigenvalue weighted by Crippen LogP contribution is -2.54. The molecule has 1 saturated heterocycles. The van der Waals surface area contributed by atoms with Crippen LogP contribution in [0.3, 0.4) is 0 Å². The van der Waals surface area contributed by atoms with Crippen molar-refractivity contribution in [2.45, 2.75) is 24.0 Å². The van der Waals surface area contributed by atoms with Crippen LogP contribution in [-0.2, 0) is 16.2 Å². The van der Waals surface area contributed by atoms with Gasteiger partial charge in [-0.2, -0.15) is 22.7 Å². The minimum atomic E-state index is -4.64. The first kappa shape index (κ1) is 22.8. The van der Waals surface area contributed by atoms with E-state index >= 15 is 0 Å². The molecule has 0 radical (unpaired) electrons. The molecular formula is C21H19F3N6O2S. The van der Waals surface area contributed by atoms with E-state index in [0.29, 0.717) is 5.69 Å². The summed E-state index contributed by atoms with van der Waals surface area (Å²) in [7, 11) is -3.89. The number of nitriles is 1. The van der Waals surface area contributed by atoms with E-state index in [1.807, 2.05) is 0 Å². The van der Waals surface area contributed by atoms with E-state index in [-0.39, 0.29) is 35.8 Å². The second-order valence-electron chi connectivity index (χ2n) is 7.62. The van der Waals surface area contributed by atoms with Crippen LogP contribution in [0.2, 0.25) is 0 Å². The molecule has 12 heteroatoms. The zero-order valence-electron chi connectivity index (χ0n) is 17.4. The molecule has 0 amide bonds. The second kappa shape index (κ2) is 8.49. The first-order valence-corrected chi connectivity index (χ1v) is 11.4. The summed E-state index contributed by atoms with van der Waals surface area (Å²) in [6.07, 6.45) is -1.75. The monoisotopic (exact) mass is 476 g/mol. The molecule has 8 nitrogen and oxygen atoms in total. The molecule has 0 spiro atoms. The summed E-state index contributed by atoms with van der Waals surface area (Å²) < 4.78 is 70.3. The SMILES string of the molecule is C[C@@H]1CN(c2ccc(C#N)cc2C(F)(F)F)CCN1S(=O)(=O)c1cccc(-n2cnnc2)c1. The Morgan fingerprint density at radius 3 is 2.45 bits per heavy atom. The molecule has 1 aromatic heterocycles. The molecule has 172 valence electrons. The maximum Gasteiger partial charge on any atom is 0.418 e. The quantitative estimate of drug-likeness (QED) is 0.575. The number of nitrogens with zero attached hydrogens (tertiary/aromatic N) is 6. The smallest absolute Gasteiger partial charge is 0.368 e. The van der Waals surface area contributed by atoms with Crippen LogP contribution in [0.4, 0.5) is 18.9 Å². The number of hydrogen-bond acceptors (Lipinski definition) is 6. The van der Waals surface area contributed by atoms with Crippen molar-refractivity contribution in [3.63, 3.8) is 0 Å². The maximum absolute atomic E-state index is 13.6. The maximum atomic E-state index is 13.6. The zero-order chi connectivity index (χ0) is 23.8. The molecule has 2 aromatic carbocycles. The molecule has 0 aliphatic carbocycles. The molecule has 2 heterocycles. The summed E-state index contributed by atoms with van der Waals surface area (Å²) in [6, 6.07) is 10.8. The number of anilines is 1. The molecule has 1 fully saturated rings. The summed E-state index contributed by atoms with van der Waals surface area (Å²) >= 11 is 0. The van der Waals surface area contributed by atoms with Crippen LogP contribution in [0.1, 0.15) is 18.1 Å². The van der Waals surface area contributed by atoms with Crippen molar-refractivity contribution in [2.75, 3.05) is 24.5 Å². The van der Waals surface area contributed by atoms with Crippen molar-refractivity contribution < 1.29 is 21.6 Å². The topological polar surface area (TPSA) is 95.1 Å². The van der Waals surface area contributed by atoms with Crippen molar-refractivity contribution in [3.05, 3.63) is 66.2 Å². The van der Waals surface area contributed by atoms with Crippen LogP contribution in [0.5, 0.6) is 0 Å². The normalized spacial score (nSPS) is 17.7. The molecule has 0 N–H and O–H groups in total. The summed E-state index contributed by atoms with van der Waals surface area (Å²) in [5, 5.41) is 16.4. The number of halogens is 3. The zero-order valence-corrected chi connectivity index (χ0v) is 18.3. The highest BCUT2D eigenvalue weighted by Gasteiger charge is 2.39. The van der Waals surface area contributed by atoms with Crippen LogP contribution in [-0.4, -0.2) is 53.2 Å². The lowest BCUT2D eigenvalue weighted by Gasteiger charge is -2.40. The highest BCUT2D eigenvalue weighted by molar-refractivity contribution is 7.89. The third-order valence-corrected chi connectivity index (χ3v) is 7.49. The van der Waals surface area contributed by atoms with Gasteiger partial charge < -0.3 is 4.90 Å². The lowest BCUT2D eigenvalue weighted by atomic mass is 10.1. The van der Waals surface area contributed by atoms with Gasteiger partial charge in [-0.3, -0.25) is 4.57 Å². The Bertz CT molecular complexity index is 1300. The molecule has 1 aliphatic heterocycles. The minimum absolute atomic E-state index is 0.0116. The average Bonchev–Trinajstić information content (AvgIpc) is 3.33. The Labute approximate surface area is 188 Å². The van der Waals surface area contributed by atoms with Crippen LogP contribution in [0, 0.1) is 11.3 Å². The lowest BCUT2D eigenvalue weighted by molar-refractivity contribution is -0.137. The summed E-state index contributed by atoms with van der Waals surface area (Å²) in [4.78, 5) is 1.58. The first-order valence-electron chi connectivity index (χ1n) is 9.94. The Kier molecular flexibility index (Phi) is 5.85. The number of hydrogen-bond donors (Lipinski definition) is 0. The predicted octanol–water partition coefficient (Wildman–Crippen LogP) is 3.06. The molecule has 33 heavy (non-hydrogen) atoms. The summed E-state index contributed by atoms with van der Waals surface area (Å²) in [5.74, 6) is 0. The largest absolute Gasteiger partial charge is 0.418 e. The number of aromatic nitrogens is 3. The molecule has 3 aromatic rings. The number of benzene rings is 2. The first-order chi connectivity index (χ1) is 15.6. The van der Waals surface area contributed by atoms with Crippen molar-refractivity contribution >= 4 is 15.7 Å². The molecular weight excluding hydrogens is 457 g/mol. The molecule has 1 aliphatic rings. The summed E-state index contributed by atoms with van der Waals surface area (Å²) in [5.41, 5.74) is -0.500. The van der Waals surface area contributed by atoms with Crippen LogP contribution in [0.25, 0.3) is 5.69 Å². The Balaban J connectivity index is 1.60. The van der Waals surface area contributed by atoms with Gasteiger partial charge >= 0.3 is 6.18 Å². The van der Waals surface area contributed by atoms with Gasteiger partial charge in [-0.1, -0.05) is 6.07 Å². The van der Waals surface area contributed by atoms with Crippen molar-refractivity contribution in [1.29, 1.82) is 5.26 Å². The summed E-state index contributed by atoms with van der Waals surface area (Å²) in [6.45, 7) is 1.81. The van der Waals surface area contributed by atoms with Crippen LogP contribution >= 0.6 is 0 Å². The fourth-order valence-corrected chi connectivity index (χ4v) is 5.55. The van der Waals surface area contributed by atoms with Gasteiger partial charge in [0.25, 0.3) is 0 Å². The standard InChI is InChI=1S/C21H19F3N6O2S/c1-15-12-28(20-6-5-16(11-25)9-19(20)21(22,23)24)7-8-30(15)33(31,32)18-4-2-3-17(10-18)29-13-26-27-14-29/h2-6,9-10,13-15H,7-8,12H2,1H3/t15-/m1/s1. The van der Waals surface area contributed by atoms with Crippen molar-refractivity contribution in [3.8, 4) is 11.8 Å². The van der Waals surface area contributed by atoms with Gasteiger partial charge in [-0.15, -0.1) is 10.2 Å². The van der Waals surface area contributed by atoms with Crippen LogP contribution < -0.4 is 4.90 Å². The third-order valence-electron chi connectivity index (χ3n) is 5.48. The van der Waals surface area contributed by atoms with Gasteiger partial charge in [-0.25, -0.2) is 8.42 Å². The number of piperazine rings is 1. The Morgan fingerprint density at radius 2 is 1.82 bits per heavy atom. The molecule has 1 atom stereocenters. The molecule has 0 saturated carbocycles. The minimum Gasteiger partial charge on any atom is -0.368 e. The number of rotatable bonds is 4. The van der Waals surface area contributed by atoms with Gasteiger partial charge in [0, 0.05) is 37.1 Å². The van der Waals surface area contributed by atoms with E-state index in [9.17, 15) is 21.6 Å². The molecule has 4 rings (SSSR count). The Hall–Kier alpha value is -3.43.